The topological polar surface area (TPSA) is 96.0 Å². The number of nitrogens with one attached hydrogen (secondary N) is 1. The van der Waals surface area contributed by atoms with E-state index in [0.29, 0.717) is 35.1 Å². The van der Waals surface area contributed by atoms with Crippen LogP contribution in [0, 0.1) is 0 Å². The zero-order valence-corrected chi connectivity index (χ0v) is 20.4. The molecule has 34 heavy (non-hydrogen) atoms. The van der Waals surface area contributed by atoms with Gasteiger partial charge in [0.1, 0.15) is 23.4 Å². The van der Waals surface area contributed by atoms with Gasteiger partial charge in [-0.15, -0.1) is 0 Å². The third-order valence-electron chi connectivity index (χ3n) is 4.75. The maximum absolute atomic E-state index is 13.0. The first-order valence-corrected chi connectivity index (χ1v) is 11.7. The lowest BCUT2D eigenvalue weighted by Crippen LogP contribution is -2.20. The zero-order valence-electron chi connectivity index (χ0n) is 19.6. The number of anilines is 1. The number of benzene rings is 1. The highest BCUT2D eigenvalue weighted by molar-refractivity contribution is 7.07. The summed E-state index contributed by atoms with van der Waals surface area (Å²) in [6.07, 6.45) is 1.76. The number of pyridine rings is 1. The van der Waals surface area contributed by atoms with E-state index < -0.39 is 11.9 Å². The van der Waals surface area contributed by atoms with Gasteiger partial charge >= 0.3 is 5.97 Å². The Labute approximate surface area is 202 Å². The minimum absolute atomic E-state index is 0.107. The largest absolute Gasteiger partial charge is 0.490 e. The molecular weight excluding hydrogens is 456 g/mol. The standard InChI is InChI=1S/C25H28N2O6S/c1-16(9-18-7-8-34-15-18)32-21-10-20(11-22(12-21)33-17(2)14-30-3)24(28)27-23-6-5-19(13-26-23)25(29)31-4/h5-8,10-13,15-17H,9,14H2,1-4H3,(H,26,27,28)/t16-,17-/m0/s1. The molecule has 0 aliphatic heterocycles. The van der Waals surface area contributed by atoms with Crippen molar-refractivity contribution in [3.63, 3.8) is 0 Å². The SMILES string of the molecule is COC[C@H](C)Oc1cc(O[C@@H](C)Cc2ccsc2)cc(C(=O)Nc2ccc(C(=O)OC)cn2)c1. The number of rotatable bonds is 11. The number of nitrogens with zero attached hydrogens (tertiary/aromatic N) is 1. The number of methoxy groups -OCH3 is 2. The van der Waals surface area contributed by atoms with Crippen molar-refractivity contribution in [1.82, 2.24) is 4.98 Å². The summed E-state index contributed by atoms with van der Waals surface area (Å²) in [6, 6.07) is 10.2. The van der Waals surface area contributed by atoms with Crippen LogP contribution in [0.25, 0.3) is 0 Å². The van der Waals surface area contributed by atoms with Gasteiger partial charge in [-0.2, -0.15) is 11.3 Å². The summed E-state index contributed by atoms with van der Waals surface area (Å²) in [4.78, 5) is 28.7. The van der Waals surface area contributed by atoms with E-state index in [1.807, 2.05) is 19.2 Å². The number of hydrogen-bond acceptors (Lipinski definition) is 8. The van der Waals surface area contributed by atoms with Gasteiger partial charge in [0.15, 0.2) is 0 Å². The molecule has 1 N–H and O–H groups in total. The van der Waals surface area contributed by atoms with E-state index >= 15 is 0 Å². The Bertz CT molecular complexity index is 1090. The minimum atomic E-state index is -0.501. The Kier molecular flexibility index (Phi) is 9.00. The Morgan fingerprint density at radius 1 is 1.00 bits per heavy atom. The molecule has 2 heterocycles. The summed E-state index contributed by atoms with van der Waals surface area (Å²) in [6.45, 7) is 4.26. The predicted octanol–water partition coefficient (Wildman–Crippen LogP) is 4.61. The van der Waals surface area contributed by atoms with Crippen molar-refractivity contribution in [3.8, 4) is 11.5 Å². The molecule has 0 bridgehead atoms. The molecule has 8 nitrogen and oxygen atoms in total. The van der Waals surface area contributed by atoms with Crippen molar-refractivity contribution in [3.05, 3.63) is 70.0 Å². The second-order valence-electron chi connectivity index (χ2n) is 7.72. The minimum Gasteiger partial charge on any atom is -0.490 e. The van der Waals surface area contributed by atoms with Crippen LogP contribution in [0.15, 0.2) is 53.4 Å². The molecular formula is C25H28N2O6S. The molecule has 0 saturated carbocycles. The van der Waals surface area contributed by atoms with E-state index in [4.69, 9.17) is 14.2 Å². The van der Waals surface area contributed by atoms with E-state index in [1.165, 1.54) is 31.0 Å². The number of aromatic nitrogens is 1. The third-order valence-corrected chi connectivity index (χ3v) is 5.48. The highest BCUT2D eigenvalue weighted by Gasteiger charge is 2.15. The highest BCUT2D eigenvalue weighted by atomic mass is 32.1. The van der Waals surface area contributed by atoms with Crippen LogP contribution in [0.4, 0.5) is 5.82 Å². The molecule has 0 fully saturated rings. The third kappa shape index (κ3) is 7.29. The second-order valence-corrected chi connectivity index (χ2v) is 8.50. The van der Waals surface area contributed by atoms with Crippen LogP contribution in [0.5, 0.6) is 11.5 Å². The lowest BCUT2D eigenvalue weighted by molar-refractivity contribution is 0.0600. The molecule has 0 spiro atoms. The Morgan fingerprint density at radius 2 is 1.74 bits per heavy atom. The number of ether oxygens (including phenoxy) is 4. The number of carbonyl (C=O) groups is 2. The van der Waals surface area contributed by atoms with E-state index in [1.54, 1.807) is 36.6 Å². The van der Waals surface area contributed by atoms with Gasteiger partial charge in [0.05, 0.1) is 25.4 Å². The van der Waals surface area contributed by atoms with E-state index in [2.05, 4.69) is 26.5 Å². The molecule has 9 heteroatoms. The van der Waals surface area contributed by atoms with Crippen molar-refractivity contribution < 1.29 is 28.5 Å². The molecule has 1 amide bonds. The van der Waals surface area contributed by atoms with Crippen LogP contribution in [-0.4, -0.2) is 49.9 Å². The maximum Gasteiger partial charge on any atom is 0.339 e. The average molecular weight is 485 g/mol. The van der Waals surface area contributed by atoms with Gasteiger partial charge in [-0.25, -0.2) is 9.78 Å². The van der Waals surface area contributed by atoms with Crippen LogP contribution >= 0.6 is 11.3 Å². The molecule has 2 aromatic heterocycles. The first-order chi connectivity index (χ1) is 16.4. The highest BCUT2D eigenvalue weighted by Crippen LogP contribution is 2.26. The Balaban J connectivity index is 1.78. The lowest BCUT2D eigenvalue weighted by Gasteiger charge is -2.18. The number of esters is 1. The van der Waals surface area contributed by atoms with Gasteiger partial charge in [-0.1, -0.05) is 0 Å². The van der Waals surface area contributed by atoms with Gasteiger partial charge in [0.25, 0.3) is 5.91 Å². The lowest BCUT2D eigenvalue weighted by atomic mass is 10.1. The number of hydrogen-bond donors (Lipinski definition) is 1. The second kappa shape index (κ2) is 12.2. The summed E-state index contributed by atoms with van der Waals surface area (Å²) in [5, 5.41) is 6.84. The number of thiophene rings is 1. The summed E-state index contributed by atoms with van der Waals surface area (Å²) in [5.74, 6) is 0.412. The van der Waals surface area contributed by atoms with Crippen molar-refractivity contribution in [2.75, 3.05) is 26.1 Å². The zero-order chi connectivity index (χ0) is 24.5. The molecule has 180 valence electrons. The van der Waals surface area contributed by atoms with Crippen LogP contribution in [0.1, 0.15) is 40.1 Å². The molecule has 0 aliphatic rings. The van der Waals surface area contributed by atoms with E-state index in [0.717, 1.165) is 6.42 Å². The maximum atomic E-state index is 13.0. The van der Waals surface area contributed by atoms with Crippen molar-refractivity contribution in [2.24, 2.45) is 0 Å². The van der Waals surface area contributed by atoms with E-state index in [-0.39, 0.29) is 12.2 Å². The summed E-state index contributed by atoms with van der Waals surface area (Å²) in [5.41, 5.74) is 1.83. The molecule has 0 aliphatic carbocycles. The van der Waals surface area contributed by atoms with Crippen molar-refractivity contribution in [1.29, 1.82) is 0 Å². The quantitative estimate of drug-likeness (QED) is 0.397. The Hall–Kier alpha value is -3.43. The first-order valence-electron chi connectivity index (χ1n) is 10.7. The van der Waals surface area contributed by atoms with E-state index in [9.17, 15) is 9.59 Å². The van der Waals surface area contributed by atoms with Crippen molar-refractivity contribution in [2.45, 2.75) is 32.5 Å². The van der Waals surface area contributed by atoms with Crippen LogP contribution in [0.2, 0.25) is 0 Å². The smallest absolute Gasteiger partial charge is 0.339 e. The van der Waals surface area contributed by atoms with Gasteiger partial charge < -0.3 is 24.3 Å². The summed E-state index contributed by atoms with van der Waals surface area (Å²) in [7, 11) is 2.89. The van der Waals surface area contributed by atoms with Crippen molar-refractivity contribution >= 4 is 29.0 Å². The molecule has 3 aromatic rings. The molecule has 0 radical (unpaired) electrons. The van der Waals surface area contributed by atoms with Gasteiger partial charge in [-0.3, -0.25) is 4.79 Å². The molecule has 3 rings (SSSR count). The molecule has 2 atom stereocenters. The average Bonchev–Trinajstić information content (AvgIpc) is 3.31. The fraction of sp³-hybridized carbons (Fsp3) is 0.320. The molecule has 1 aromatic carbocycles. The van der Waals surface area contributed by atoms with Gasteiger partial charge in [0.2, 0.25) is 0 Å². The number of amides is 1. The summed E-state index contributed by atoms with van der Waals surface area (Å²) < 4.78 is 21.8. The molecule has 0 saturated heterocycles. The number of carbonyl (C=O) groups excluding carboxylic acids is 2. The van der Waals surface area contributed by atoms with Gasteiger partial charge in [-0.05, 0) is 60.5 Å². The van der Waals surface area contributed by atoms with Crippen LogP contribution in [0.3, 0.4) is 0 Å². The normalized spacial score (nSPS) is 12.5. The predicted molar refractivity (Wildman–Crippen MR) is 130 cm³/mol. The fourth-order valence-corrected chi connectivity index (χ4v) is 3.93. The monoisotopic (exact) mass is 484 g/mol. The van der Waals surface area contributed by atoms with Gasteiger partial charge in [0, 0.05) is 31.4 Å². The fourth-order valence-electron chi connectivity index (χ4n) is 3.25. The van der Waals surface area contributed by atoms with Crippen LogP contribution in [-0.2, 0) is 15.9 Å². The summed E-state index contributed by atoms with van der Waals surface area (Å²) >= 11 is 1.64. The first kappa shape index (κ1) is 25.2. The molecule has 0 unspecified atom stereocenters. The Morgan fingerprint density at radius 3 is 2.32 bits per heavy atom. The van der Waals surface area contributed by atoms with Crippen LogP contribution < -0.4 is 14.8 Å².